The van der Waals surface area contributed by atoms with Crippen LogP contribution in [0, 0.1) is 6.92 Å². The van der Waals surface area contributed by atoms with Crippen LogP contribution >= 0.6 is 0 Å². The van der Waals surface area contributed by atoms with Crippen LogP contribution in [-0.4, -0.2) is 55.1 Å². The van der Waals surface area contributed by atoms with Gasteiger partial charge in [0.05, 0.1) is 13.2 Å². The van der Waals surface area contributed by atoms with Gasteiger partial charge < -0.3 is 24.8 Å². The Balaban J connectivity index is 1.70. The summed E-state index contributed by atoms with van der Waals surface area (Å²) >= 11 is 0. The number of imide groups is 1. The zero-order valence-electron chi connectivity index (χ0n) is 19.8. The lowest BCUT2D eigenvalue weighted by Crippen LogP contribution is -2.38. The predicted octanol–water partition coefficient (Wildman–Crippen LogP) is 2.87. The maximum atomic E-state index is 12.8. The molecular formula is C25H27N3O7. The molecule has 0 aromatic heterocycles. The number of aryl methyl sites for hydroxylation is 1. The minimum absolute atomic E-state index is 0.0148. The standard InChI is InChI=1S/C25H27N3O7/c1-4-33-21-13-17(9-10-20(21)35-15-23(30)34-5-2)12-19-24(31)28(25(32)27-19)14-22(29)26-18-8-6-7-16(3)11-18/h6-13H,4-5,14-15H2,1-3H3,(H,26,29)(H,27,32)/b19-12+. The first-order valence-corrected chi connectivity index (χ1v) is 11.1. The van der Waals surface area contributed by atoms with E-state index in [4.69, 9.17) is 14.2 Å². The van der Waals surface area contributed by atoms with Crippen molar-refractivity contribution in [1.82, 2.24) is 10.2 Å². The second-order valence-corrected chi connectivity index (χ2v) is 7.53. The van der Waals surface area contributed by atoms with Crippen LogP contribution in [0.15, 0.2) is 48.2 Å². The van der Waals surface area contributed by atoms with Crippen molar-refractivity contribution >= 4 is 35.6 Å². The summed E-state index contributed by atoms with van der Waals surface area (Å²) in [7, 11) is 0. The monoisotopic (exact) mass is 481 g/mol. The molecule has 1 saturated heterocycles. The molecule has 0 saturated carbocycles. The van der Waals surface area contributed by atoms with E-state index in [9.17, 15) is 19.2 Å². The van der Waals surface area contributed by atoms with Crippen molar-refractivity contribution < 1.29 is 33.4 Å². The average molecular weight is 482 g/mol. The van der Waals surface area contributed by atoms with Crippen LogP contribution in [0.5, 0.6) is 11.5 Å². The normalized spacial score (nSPS) is 14.0. The molecule has 35 heavy (non-hydrogen) atoms. The lowest BCUT2D eigenvalue weighted by Gasteiger charge is -2.12. The van der Waals surface area contributed by atoms with Gasteiger partial charge in [0, 0.05) is 5.69 Å². The number of esters is 1. The Kier molecular flexibility index (Phi) is 8.44. The van der Waals surface area contributed by atoms with Crippen molar-refractivity contribution in [2.45, 2.75) is 20.8 Å². The predicted molar refractivity (Wildman–Crippen MR) is 128 cm³/mol. The van der Waals surface area contributed by atoms with Crippen LogP contribution < -0.4 is 20.1 Å². The summed E-state index contributed by atoms with van der Waals surface area (Å²) in [4.78, 5) is 49.9. The fourth-order valence-electron chi connectivity index (χ4n) is 3.29. The van der Waals surface area contributed by atoms with Gasteiger partial charge in [0.1, 0.15) is 12.2 Å². The van der Waals surface area contributed by atoms with Crippen molar-refractivity contribution in [2.24, 2.45) is 0 Å². The number of ether oxygens (including phenoxy) is 3. The van der Waals surface area contributed by atoms with Gasteiger partial charge in [-0.1, -0.05) is 18.2 Å². The molecular weight excluding hydrogens is 454 g/mol. The highest BCUT2D eigenvalue weighted by molar-refractivity contribution is 6.16. The van der Waals surface area contributed by atoms with E-state index in [0.717, 1.165) is 10.5 Å². The highest BCUT2D eigenvalue weighted by Crippen LogP contribution is 2.30. The van der Waals surface area contributed by atoms with Gasteiger partial charge in [0.25, 0.3) is 5.91 Å². The number of hydrogen-bond acceptors (Lipinski definition) is 7. The molecule has 4 amide bonds. The first-order valence-electron chi connectivity index (χ1n) is 11.1. The quantitative estimate of drug-likeness (QED) is 0.304. The molecule has 2 aromatic carbocycles. The van der Waals surface area contributed by atoms with E-state index in [1.165, 1.54) is 6.08 Å². The number of amides is 4. The van der Waals surface area contributed by atoms with Crippen LogP contribution in [0.2, 0.25) is 0 Å². The van der Waals surface area contributed by atoms with E-state index in [-0.39, 0.29) is 18.9 Å². The maximum Gasteiger partial charge on any atom is 0.344 e. The largest absolute Gasteiger partial charge is 0.490 e. The Morgan fingerprint density at radius 1 is 1.03 bits per heavy atom. The van der Waals surface area contributed by atoms with Gasteiger partial charge in [0.2, 0.25) is 5.91 Å². The second-order valence-electron chi connectivity index (χ2n) is 7.53. The van der Waals surface area contributed by atoms with Gasteiger partial charge in [-0.3, -0.25) is 9.59 Å². The molecule has 0 radical (unpaired) electrons. The Hall–Kier alpha value is -4.34. The number of rotatable bonds is 10. The molecule has 0 atom stereocenters. The Morgan fingerprint density at radius 2 is 1.83 bits per heavy atom. The maximum absolute atomic E-state index is 12.8. The molecule has 0 bridgehead atoms. The summed E-state index contributed by atoms with van der Waals surface area (Å²) in [5, 5.41) is 5.16. The van der Waals surface area contributed by atoms with Crippen LogP contribution in [-0.2, 0) is 19.1 Å². The Bertz CT molecular complexity index is 1160. The second kappa shape index (κ2) is 11.7. The number of hydrogen-bond donors (Lipinski definition) is 2. The summed E-state index contributed by atoms with van der Waals surface area (Å²) in [6.07, 6.45) is 1.47. The first-order chi connectivity index (χ1) is 16.8. The third kappa shape index (κ3) is 6.83. The van der Waals surface area contributed by atoms with Gasteiger partial charge in [-0.15, -0.1) is 0 Å². The molecule has 2 aromatic rings. The van der Waals surface area contributed by atoms with Gasteiger partial charge in [-0.25, -0.2) is 14.5 Å². The zero-order chi connectivity index (χ0) is 25.4. The molecule has 0 unspecified atom stereocenters. The number of nitrogens with one attached hydrogen (secondary N) is 2. The molecule has 0 aliphatic carbocycles. The van der Waals surface area contributed by atoms with E-state index in [1.807, 2.05) is 13.0 Å². The number of urea groups is 1. The molecule has 1 fully saturated rings. The summed E-state index contributed by atoms with van der Waals surface area (Å²) in [6.45, 7) is 5.27. The highest BCUT2D eigenvalue weighted by atomic mass is 16.6. The Labute approximate surface area is 202 Å². The van der Waals surface area contributed by atoms with Crippen molar-refractivity contribution in [3.8, 4) is 11.5 Å². The zero-order valence-corrected chi connectivity index (χ0v) is 19.8. The van der Waals surface area contributed by atoms with E-state index >= 15 is 0 Å². The number of nitrogens with zero attached hydrogens (tertiary/aromatic N) is 1. The number of benzene rings is 2. The molecule has 2 N–H and O–H groups in total. The summed E-state index contributed by atoms with van der Waals surface area (Å²) in [6, 6.07) is 11.3. The summed E-state index contributed by atoms with van der Waals surface area (Å²) < 4.78 is 15.9. The minimum atomic E-state index is -0.694. The van der Waals surface area contributed by atoms with Crippen LogP contribution in [0.1, 0.15) is 25.0 Å². The topological polar surface area (TPSA) is 123 Å². The van der Waals surface area contributed by atoms with Crippen LogP contribution in [0.4, 0.5) is 10.5 Å². The molecule has 10 heteroatoms. The number of carbonyl (C=O) groups excluding carboxylic acids is 4. The molecule has 3 rings (SSSR count). The fraction of sp³-hybridized carbons (Fsp3) is 0.280. The number of anilines is 1. The molecule has 1 aliphatic rings. The molecule has 0 spiro atoms. The summed E-state index contributed by atoms with van der Waals surface area (Å²) in [5.74, 6) is -0.945. The fourth-order valence-corrected chi connectivity index (χ4v) is 3.29. The van der Waals surface area contributed by atoms with E-state index in [0.29, 0.717) is 29.4 Å². The highest BCUT2D eigenvalue weighted by Gasteiger charge is 2.35. The van der Waals surface area contributed by atoms with Crippen LogP contribution in [0.3, 0.4) is 0 Å². The van der Waals surface area contributed by atoms with Crippen molar-refractivity contribution in [3.63, 3.8) is 0 Å². The lowest BCUT2D eigenvalue weighted by molar-refractivity contribution is -0.145. The van der Waals surface area contributed by atoms with Gasteiger partial charge in [0.15, 0.2) is 18.1 Å². The van der Waals surface area contributed by atoms with Gasteiger partial charge in [-0.05, 0) is 62.2 Å². The van der Waals surface area contributed by atoms with Crippen molar-refractivity contribution in [1.29, 1.82) is 0 Å². The van der Waals surface area contributed by atoms with Crippen molar-refractivity contribution in [3.05, 3.63) is 59.3 Å². The van der Waals surface area contributed by atoms with E-state index < -0.39 is 30.4 Å². The van der Waals surface area contributed by atoms with E-state index in [2.05, 4.69) is 10.6 Å². The summed E-state index contributed by atoms with van der Waals surface area (Å²) in [5.41, 5.74) is 2.10. The minimum Gasteiger partial charge on any atom is -0.490 e. The third-order valence-corrected chi connectivity index (χ3v) is 4.80. The lowest BCUT2D eigenvalue weighted by atomic mass is 10.1. The molecule has 184 valence electrons. The van der Waals surface area contributed by atoms with Crippen molar-refractivity contribution in [2.75, 3.05) is 31.7 Å². The first kappa shape index (κ1) is 25.3. The molecule has 1 aliphatic heterocycles. The Morgan fingerprint density at radius 3 is 2.54 bits per heavy atom. The third-order valence-electron chi connectivity index (χ3n) is 4.80. The smallest absolute Gasteiger partial charge is 0.344 e. The van der Waals surface area contributed by atoms with Gasteiger partial charge in [-0.2, -0.15) is 0 Å². The van der Waals surface area contributed by atoms with Crippen LogP contribution in [0.25, 0.3) is 6.08 Å². The number of carbonyl (C=O) groups is 4. The molecule has 10 nitrogen and oxygen atoms in total. The van der Waals surface area contributed by atoms with Gasteiger partial charge >= 0.3 is 12.0 Å². The average Bonchev–Trinajstić information content (AvgIpc) is 3.06. The van der Waals surface area contributed by atoms with E-state index in [1.54, 1.807) is 50.2 Å². The SMILES string of the molecule is CCOC(=O)COc1ccc(/C=C2/NC(=O)N(CC(=O)Nc3cccc(C)c3)C2=O)cc1OCC. The molecule has 1 heterocycles.